The number of imidazole rings is 2. The van der Waals surface area contributed by atoms with Crippen molar-refractivity contribution in [2.45, 2.75) is 41.5 Å². The Kier molecular flexibility index (Phi) is 21.8. The van der Waals surface area contributed by atoms with Gasteiger partial charge in [-0.15, -0.1) is 11.5 Å². The Bertz CT molecular complexity index is 695. The Balaban J connectivity index is -0.000000424. The fraction of sp³-hybridized carbons (Fsp3) is 0.400. The van der Waals surface area contributed by atoms with Crippen molar-refractivity contribution in [2.75, 3.05) is 13.1 Å². The second kappa shape index (κ2) is 20.1. The number of hydrogen-bond donors (Lipinski definition) is 2. The molecule has 0 unspecified atom stereocenters. The van der Waals surface area contributed by atoms with Gasteiger partial charge in [-0.2, -0.15) is 0 Å². The van der Waals surface area contributed by atoms with E-state index in [2.05, 4.69) is 29.9 Å². The van der Waals surface area contributed by atoms with Crippen molar-refractivity contribution in [1.29, 1.82) is 0 Å². The molecular weight excluding hydrogens is 495 g/mol. The van der Waals surface area contributed by atoms with Gasteiger partial charge in [-0.1, -0.05) is 26.0 Å². The summed E-state index contributed by atoms with van der Waals surface area (Å²) in [5, 5.41) is 21.4. The second-order valence-electron chi connectivity index (χ2n) is 5.91. The number of H-pyrrole nitrogens is 2. The molecule has 0 atom stereocenters. The van der Waals surface area contributed by atoms with Gasteiger partial charge in [0.1, 0.15) is 11.6 Å². The fourth-order valence-electron chi connectivity index (χ4n) is 1.82. The summed E-state index contributed by atoms with van der Waals surface area (Å²) in [5.41, 5.74) is 1.41. The average Bonchev–Trinajstić information content (AvgIpc) is 3.25. The third-order valence-electron chi connectivity index (χ3n) is 2.92. The molecule has 2 aromatic rings. The van der Waals surface area contributed by atoms with Gasteiger partial charge in [0.25, 0.3) is 0 Å². The van der Waals surface area contributed by atoms with E-state index < -0.39 is 0 Å². The van der Waals surface area contributed by atoms with Crippen LogP contribution in [0.3, 0.4) is 0 Å². The molecule has 0 aliphatic rings. The summed E-state index contributed by atoms with van der Waals surface area (Å²) in [6.45, 7) is 11.4. The summed E-state index contributed by atoms with van der Waals surface area (Å²) in [5.74, 6) is 1.92. The van der Waals surface area contributed by atoms with Crippen molar-refractivity contribution in [3.63, 3.8) is 0 Å². The van der Waals surface area contributed by atoms with Crippen molar-refractivity contribution in [3.05, 3.63) is 60.1 Å². The monoisotopic (exact) mass is 524 g/mol. The number of aliphatic imine (C=N–C) groups is 2. The zero-order valence-electron chi connectivity index (χ0n) is 18.2. The maximum Gasteiger partial charge on any atom is 3.00 e. The van der Waals surface area contributed by atoms with Crippen LogP contribution in [0.25, 0.3) is 0 Å². The third kappa shape index (κ3) is 22.1. The molecule has 2 aromatic heterocycles. The molecule has 0 amide bonds. The molecule has 10 heteroatoms. The van der Waals surface area contributed by atoms with E-state index in [4.69, 9.17) is 0 Å². The SMILES string of the molecule is C/C([O-])=C/C(C)=N\CC/N=C(C)/C=C(/C)[O-].Cc1ncc[nH]1.Cc1ncc[nH]1.[Br-].[Co+3]. The molecule has 0 spiro atoms. The molecule has 2 heterocycles. The van der Waals surface area contributed by atoms with Crippen LogP contribution in [-0.4, -0.2) is 44.4 Å². The third-order valence-corrected chi connectivity index (χ3v) is 2.92. The number of rotatable bonds is 5. The minimum atomic E-state index is -0.00848. The summed E-state index contributed by atoms with van der Waals surface area (Å²) in [6.07, 6.45) is 10.0. The van der Waals surface area contributed by atoms with Crippen molar-refractivity contribution < 1.29 is 44.0 Å². The van der Waals surface area contributed by atoms with E-state index in [1.165, 1.54) is 26.0 Å². The molecule has 2 rings (SSSR count). The number of aromatic nitrogens is 4. The number of nitrogens with one attached hydrogen (secondary N) is 2. The number of allylic oxidation sites excluding steroid dienone is 4. The van der Waals surface area contributed by atoms with Gasteiger partial charge in [0.05, 0.1) is 13.1 Å². The largest absolute Gasteiger partial charge is 3.00 e. The maximum atomic E-state index is 10.7. The molecule has 0 bridgehead atoms. The summed E-state index contributed by atoms with van der Waals surface area (Å²) in [4.78, 5) is 21.8. The molecule has 0 fully saturated rings. The van der Waals surface area contributed by atoms with E-state index in [1.54, 1.807) is 38.6 Å². The Morgan fingerprint density at radius 3 is 1.33 bits per heavy atom. The molecule has 0 saturated carbocycles. The van der Waals surface area contributed by atoms with Crippen molar-refractivity contribution in [3.8, 4) is 0 Å². The van der Waals surface area contributed by atoms with E-state index in [9.17, 15) is 10.2 Å². The van der Waals surface area contributed by atoms with Crippen LogP contribution in [-0.2, 0) is 16.8 Å². The van der Waals surface area contributed by atoms with Gasteiger partial charge in [0.2, 0.25) is 0 Å². The smallest absolute Gasteiger partial charge is 1.00 e. The number of halogens is 1. The van der Waals surface area contributed by atoms with E-state index in [0.717, 1.165) is 11.6 Å². The van der Waals surface area contributed by atoms with Crippen LogP contribution >= 0.6 is 0 Å². The van der Waals surface area contributed by atoms with E-state index >= 15 is 0 Å². The summed E-state index contributed by atoms with van der Waals surface area (Å²) in [7, 11) is 0. The maximum absolute atomic E-state index is 10.7. The fourth-order valence-corrected chi connectivity index (χ4v) is 1.82. The summed E-state index contributed by atoms with van der Waals surface area (Å²) in [6, 6.07) is 0. The molecule has 0 aliphatic heterocycles. The van der Waals surface area contributed by atoms with Gasteiger partial charge in [0.15, 0.2) is 0 Å². The van der Waals surface area contributed by atoms with Gasteiger partial charge in [-0.05, 0) is 27.7 Å². The first-order valence-electron chi connectivity index (χ1n) is 8.85. The first-order valence-corrected chi connectivity index (χ1v) is 8.85. The minimum absolute atomic E-state index is 0. The number of aromatic amines is 2. The molecule has 8 nitrogen and oxygen atoms in total. The van der Waals surface area contributed by atoms with Gasteiger partial charge < -0.3 is 37.2 Å². The van der Waals surface area contributed by atoms with E-state index in [0.29, 0.717) is 24.5 Å². The van der Waals surface area contributed by atoms with Gasteiger partial charge in [0, 0.05) is 36.2 Å². The molecular formula is C20H30BrCoN6O2. The molecule has 30 heavy (non-hydrogen) atoms. The molecule has 0 radical (unpaired) electrons. The normalized spacial score (nSPS) is 11.8. The van der Waals surface area contributed by atoms with E-state index in [1.807, 2.05) is 13.8 Å². The predicted octanol–water partition coefficient (Wildman–Crippen LogP) is -1.13. The number of aryl methyl sites for hydroxylation is 2. The first-order chi connectivity index (χ1) is 13.2. The zero-order chi connectivity index (χ0) is 21.4. The Morgan fingerprint density at radius 1 is 0.833 bits per heavy atom. The average molecular weight is 525 g/mol. The quantitative estimate of drug-likeness (QED) is 0.291. The van der Waals surface area contributed by atoms with Crippen LogP contribution in [0.4, 0.5) is 0 Å². The van der Waals surface area contributed by atoms with Crippen molar-refractivity contribution >= 4 is 11.4 Å². The van der Waals surface area contributed by atoms with Crippen LogP contribution in [0.5, 0.6) is 0 Å². The second-order valence-corrected chi connectivity index (χ2v) is 5.91. The van der Waals surface area contributed by atoms with Gasteiger partial charge >= 0.3 is 16.8 Å². The zero-order valence-corrected chi connectivity index (χ0v) is 20.8. The van der Waals surface area contributed by atoms with Crippen LogP contribution in [0.15, 0.2) is 58.4 Å². The Morgan fingerprint density at radius 2 is 1.17 bits per heavy atom. The summed E-state index contributed by atoms with van der Waals surface area (Å²) < 4.78 is 0. The van der Waals surface area contributed by atoms with Crippen LogP contribution in [0, 0.1) is 13.8 Å². The number of hydrogen-bond acceptors (Lipinski definition) is 6. The molecule has 0 saturated heterocycles. The molecule has 2 N–H and O–H groups in total. The van der Waals surface area contributed by atoms with E-state index in [-0.39, 0.29) is 45.3 Å². The predicted molar refractivity (Wildman–Crippen MR) is 110 cm³/mol. The Hall–Kier alpha value is -2.17. The molecule has 168 valence electrons. The van der Waals surface area contributed by atoms with Gasteiger partial charge in [-0.3, -0.25) is 9.98 Å². The molecule has 0 aromatic carbocycles. The van der Waals surface area contributed by atoms with Crippen molar-refractivity contribution in [2.24, 2.45) is 9.98 Å². The van der Waals surface area contributed by atoms with Crippen molar-refractivity contribution in [1.82, 2.24) is 19.9 Å². The van der Waals surface area contributed by atoms with Crippen LogP contribution in [0.1, 0.15) is 39.3 Å². The van der Waals surface area contributed by atoms with Crippen LogP contribution in [0.2, 0.25) is 0 Å². The Labute approximate surface area is 199 Å². The first kappa shape index (κ1) is 32.5. The van der Waals surface area contributed by atoms with Gasteiger partial charge in [-0.25, -0.2) is 9.97 Å². The summed E-state index contributed by atoms with van der Waals surface area (Å²) >= 11 is 0. The standard InChI is InChI=1S/C12H20N2O2.2C4H6N2.BrH.Co/c1-9(7-11(3)15)13-5-6-14-10(2)8-12(4)16;2*1-4-5-2-3-6-4;;/h7-8,15-16H,5-6H2,1-4H3;2*2-3H,1H3,(H,5,6);1H;/q;;;;+3/p-3/b11-7-,12-8-,13-9-,14-10+;;;;. The van der Waals surface area contributed by atoms with Crippen LogP contribution < -0.4 is 27.2 Å². The number of nitrogens with zero attached hydrogens (tertiary/aromatic N) is 4. The molecule has 0 aliphatic carbocycles. The topological polar surface area (TPSA) is 128 Å². The minimum Gasteiger partial charge on any atom is -1.00 e.